The predicted octanol–water partition coefficient (Wildman–Crippen LogP) is 1.67. The summed E-state index contributed by atoms with van der Waals surface area (Å²) >= 11 is 0. The Hall–Kier alpha value is -2.48. The van der Waals surface area contributed by atoms with E-state index in [1.165, 1.54) is 0 Å². The molecule has 0 saturated carbocycles. The average Bonchev–Trinajstić information content (AvgIpc) is 3.34. The zero-order chi connectivity index (χ0) is 19.5. The highest BCUT2D eigenvalue weighted by Gasteiger charge is 2.34. The Bertz CT molecular complexity index is 851. The lowest BCUT2D eigenvalue weighted by Crippen LogP contribution is -2.46. The number of amides is 1. The van der Waals surface area contributed by atoms with Gasteiger partial charge in [-0.15, -0.1) is 10.2 Å². The number of hydrogen-bond donors (Lipinski definition) is 0. The maximum absolute atomic E-state index is 12.9. The molecule has 0 spiro atoms. The number of piperidine rings is 1. The second-order valence-corrected chi connectivity index (χ2v) is 7.55. The Balaban J connectivity index is 1.43. The molecule has 2 saturated heterocycles. The van der Waals surface area contributed by atoms with Gasteiger partial charge in [-0.1, -0.05) is 6.07 Å². The van der Waals surface area contributed by atoms with Gasteiger partial charge >= 0.3 is 5.97 Å². The van der Waals surface area contributed by atoms with Gasteiger partial charge in [0.05, 0.1) is 25.1 Å². The van der Waals surface area contributed by atoms with Crippen LogP contribution < -0.4 is 0 Å². The van der Waals surface area contributed by atoms with E-state index in [1.807, 2.05) is 40.6 Å². The molecule has 4 rings (SSSR count). The number of pyridine rings is 1. The summed E-state index contributed by atoms with van der Waals surface area (Å²) < 4.78 is 7.15. The number of esters is 1. The quantitative estimate of drug-likeness (QED) is 0.729. The molecular weight excluding hydrogens is 358 g/mol. The summed E-state index contributed by atoms with van der Waals surface area (Å²) in [5.41, 5.74) is 0.823. The van der Waals surface area contributed by atoms with Crippen molar-refractivity contribution >= 4 is 17.5 Å². The summed E-state index contributed by atoms with van der Waals surface area (Å²) in [4.78, 5) is 29.0. The van der Waals surface area contributed by atoms with Crippen molar-refractivity contribution < 1.29 is 14.3 Å². The number of ether oxygens (including phenoxy) is 1. The van der Waals surface area contributed by atoms with Crippen LogP contribution in [0.3, 0.4) is 0 Å². The van der Waals surface area contributed by atoms with Gasteiger partial charge in [-0.05, 0) is 51.3 Å². The summed E-state index contributed by atoms with van der Waals surface area (Å²) in [5.74, 6) is 0.583. The first-order valence-corrected chi connectivity index (χ1v) is 10.2. The van der Waals surface area contributed by atoms with Gasteiger partial charge < -0.3 is 9.64 Å². The lowest BCUT2D eigenvalue weighted by atomic mass is 9.98. The normalized spacial score (nSPS) is 23.2. The molecule has 0 aromatic carbocycles. The number of nitrogens with zero attached hydrogens (tertiary/aromatic N) is 5. The standard InChI is InChI=1S/C20H27N5O3/c1-2-28-20(27)15-7-5-11-24(13-15)18(26)14-23-10-6-8-16(23)19-22-21-17-9-3-4-12-25(17)19/h3-4,9,12,15-16H,2,5-8,10-11,13-14H2,1H3/t15-,16-/m0/s1. The summed E-state index contributed by atoms with van der Waals surface area (Å²) in [6.45, 7) is 4.58. The zero-order valence-corrected chi connectivity index (χ0v) is 16.3. The van der Waals surface area contributed by atoms with Gasteiger partial charge in [0.2, 0.25) is 5.91 Å². The molecule has 0 N–H and O–H groups in total. The number of rotatable bonds is 5. The summed E-state index contributed by atoms with van der Waals surface area (Å²) in [6, 6.07) is 5.93. The van der Waals surface area contributed by atoms with Gasteiger partial charge in [-0.3, -0.25) is 18.9 Å². The molecule has 0 aliphatic carbocycles. The molecule has 1 amide bonds. The van der Waals surface area contributed by atoms with Crippen molar-refractivity contribution in [3.8, 4) is 0 Å². The third-order valence-electron chi connectivity index (χ3n) is 5.73. The van der Waals surface area contributed by atoms with Crippen LogP contribution in [-0.4, -0.2) is 69.1 Å². The van der Waals surface area contributed by atoms with E-state index in [1.54, 1.807) is 0 Å². The first-order chi connectivity index (χ1) is 13.7. The van der Waals surface area contributed by atoms with E-state index in [4.69, 9.17) is 4.74 Å². The van der Waals surface area contributed by atoms with Crippen LogP contribution in [0, 0.1) is 5.92 Å². The number of carbonyl (C=O) groups excluding carboxylic acids is 2. The Morgan fingerprint density at radius 1 is 1.18 bits per heavy atom. The topological polar surface area (TPSA) is 80.0 Å². The molecule has 2 atom stereocenters. The molecule has 2 aliphatic rings. The Morgan fingerprint density at radius 2 is 2.04 bits per heavy atom. The van der Waals surface area contributed by atoms with E-state index < -0.39 is 0 Å². The molecule has 8 heteroatoms. The van der Waals surface area contributed by atoms with Crippen molar-refractivity contribution in [2.75, 3.05) is 32.8 Å². The van der Waals surface area contributed by atoms with Crippen molar-refractivity contribution in [2.24, 2.45) is 5.92 Å². The van der Waals surface area contributed by atoms with Crippen LogP contribution in [0.1, 0.15) is 44.5 Å². The molecule has 0 unspecified atom stereocenters. The zero-order valence-electron chi connectivity index (χ0n) is 16.3. The monoisotopic (exact) mass is 385 g/mol. The van der Waals surface area contributed by atoms with E-state index in [2.05, 4.69) is 15.1 Å². The van der Waals surface area contributed by atoms with Gasteiger partial charge in [-0.25, -0.2) is 0 Å². The average molecular weight is 385 g/mol. The van der Waals surface area contributed by atoms with Gasteiger partial charge in [0, 0.05) is 19.3 Å². The second-order valence-electron chi connectivity index (χ2n) is 7.55. The minimum absolute atomic E-state index is 0.0784. The van der Waals surface area contributed by atoms with Crippen LogP contribution in [0.15, 0.2) is 24.4 Å². The van der Waals surface area contributed by atoms with Gasteiger partial charge in [0.1, 0.15) is 0 Å². The highest BCUT2D eigenvalue weighted by atomic mass is 16.5. The molecule has 2 aromatic heterocycles. The minimum Gasteiger partial charge on any atom is -0.466 e. The van der Waals surface area contributed by atoms with Crippen LogP contribution in [0.5, 0.6) is 0 Å². The summed E-state index contributed by atoms with van der Waals surface area (Å²) in [6.07, 6.45) is 5.60. The highest BCUT2D eigenvalue weighted by molar-refractivity contribution is 5.80. The van der Waals surface area contributed by atoms with Gasteiger partial charge in [0.25, 0.3) is 0 Å². The molecule has 2 aromatic rings. The molecular formula is C20H27N5O3. The molecule has 4 heterocycles. The first-order valence-electron chi connectivity index (χ1n) is 10.2. The van der Waals surface area contributed by atoms with E-state index in [-0.39, 0.29) is 23.8 Å². The van der Waals surface area contributed by atoms with Crippen LogP contribution >= 0.6 is 0 Å². The predicted molar refractivity (Wildman–Crippen MR) is 102 cm³/mol. The van der Waals surface area contributed by atoms with Crippen molar-refractivity contribution in [1.82, 2.24) is 24.4 Å². The van der Waals surface area contributed by atoms with Crippen LogP contribution in [0.4, 0.5) is 0 Å². The van der Waals surface area contributed by atoms with Crippen molar-refractivity contribution in [3.63, 3.8) is 0 Å². The van der Waals surface area contributed by atoms with Crippen molar-refractivity contribution in [2.45, 2.75) is 38.6 Å². The third kappa shape index (κ3) is 3.73. The molecule has 0 bridgehead atoms. The molecule has 8 nitrogen and oxygen atoms in total. The maximum Gasteiger partial charge on any atom is 0.310 e. The van der Waals surface area contributed by atoms with Gasteiger partial charge in [-0.2, -0.15) is 0 Å². The van der Waals surface area contributed by atoms with Crippen molar-refractivity contribution in [1.29, 1.82) is 0 Å². The van der Waals surface area contributed by atoms with Crippen molar-refractivity contribution in [3.05, 3.63) is 30.2 Å². The second kappa shape index (κ2) is 8.26. The Morgan fingerprint density at radius 3 is 2.89 bits per heavy atom. The van der Waals surface area contributed by atoms with E-state index >= 15 is 0 Å². The molecule has 2 fully saturated rings. The smallest absolute Gasteiger partial charge is 0.310 e. The summed E-state index contributed by atoms with van der Waals surface area (Å²) in [7, 11) is 0. The third-order valence-corrected chi connectivity index (χ3v) is 5.73. The van der Waals surface area contributed by atoms with E-state index in [0.717, 1.165) is 43.7 Å². The molecule has 0 radical (unpaired) electrons. The number of aromatic nitrogens is 3. The Labute approximate surface area is 164 Å². The molecule has 28 heavy (non-hydrogen) atoms. The lowest BCUT2D eigenvalue weighted by molar-refractivity contribution is -0.151. The number of hydrogen-bond acceptors (Lipinski definition) is 6. The maximum atomic E-state index is 12.9. The number of fused-ring (bicyclic) bond motifs is 1. The first kappa shape index (κ1) is 18.9. The van der Waals surface area contributed by atoms with E-state index in [9.17, 15) is 9.59 Å². The molecule has 2 aliphatic heterocycles. The SMILES string of the molecule is CCOC(=O)[C@H]1CCCN(C(=O)CN2CCC[C@H]2c2nnc3ccccn23)C1. The van der Waals surface area contributed by atoms with Gasteiger partial charge in [0.15, 0.2) is 11.5 Å². The van der Waals surface area contributed by atoms with Crippen LogP contribution in [-0.2, 0) is 14.3 Å². The Kier molecular flexibility index (Phi) is 5.57. The fraction of sp³-hybridized carbons (Fsp3) is 0.600. The lowest BCUT2D eigenvalue weighted by Gasteiger charge is -2.33. The van der Waals surface area contributed by atoms with Crippen LogP contribution in [0.2, 0.25) is 0 Å². The fourth-order valence-electron chi connectivity index (χ4n) is 4.32. The fourth-order valence-corrected chi connectivity index (χ4v) is 4.32. The summed E-state index contributed by atoms with van der Waals surface area (Å²) in [5, 5.41) is 8.64. The molecule has 150 valence electrons. The van der Waals surface area contributed by atoms with Crippen LogP contribution in [0.25, 0.3) is 5.65 Å². The highest BCUT2D eigenvalue weighted by Crippen LogP contribution is 2.31. The minimum atomic E-state index is -0.201. The number of carbonyl (C=O) groups is 2. The largest absolute Gasteiger partial charge is 0.466 e. The van der Waals surface area contributed by atoms with E-state index in [0.29, 0.717) is 26.2 Å². The number of likely N-dealkylation sites (tertiary alicyclic amines) is 2.